The van der Waals surface area contributed by atoms with Crippen LogP contribution in [0.3, 0.4) is 0 Å². The number of para-hydroxylation sites is 1. The summed E-state index contributed by atoms with van der Waals surface area (Å²) in [5.41, 5.74) is 1.20. The van der Waals surface area contributed by atoms with Gasteiger partial charge in [0.2, 0.25) is 0 Å². The van der Waals surface area contributed by atoms with Gasteiger partial charge in [0.1, 0.15) is 0 Å². The molecule has 1 aromatic heterocycles. The van der Waals surface area contributed by atoms with Crippen LogP contribution in [0.1, 0.15) is 19.3 Å². The first-order valence-electron chi connectivity index (χ1n) is 6.45. The molecular formula is C14H17I2N3Pt. The van der Waals surface area contributed by atoms with E-state index in [1.54, 1.807) is 0 Å². The van der Waals surface area contributed by atoms with E-state index in [2.05, 4.69) is 100 Å². The summed E-state index contributed by atoms with van der Waals surface area (Å²) in [5.74, 6) is 0. The van der Waals surface area contributed by atoms with E-state index in [4.69, 9.17) is 0 Å². The second-order valence-corrected chi connectivity index (χ2v) is 9.64. The largest absolute Gasteiger partial charge is 0.185 e. The maximum Gasteiger partial charge on any atom is 0.0311 e. The summed E-state index contributed by atoms with van der Waals surface area (Å²) in [6.45, 7) is 0. The summed E-state index contributed by atoms with van der Waals surface area (Å²) in [6.07, 6.45) is 8.37. The summed E-state index contributed by atoms with van der Waals surface area (Å²) in [5, 5.41) is 0. The van der Waals surface area contributed by atoms with Crippen LogP contribution in [0.2, 0.25) is 0 Å². The first-order chi connectivity index (χ1) is 9.59. The number of rotatable bonds is 2. The fraction of sp³-hybridized carbons (Fsp3) is 0.357. The van der Waals surface area contributed by atoms with Crippen molar-refractivity contribution in [2.24, 2.45) is 7.05 Å². The number of hydrogen-bond donors (Lipinski definition) is 0. The molecular weight excluding hydrogens is 659 g/mol. The molecule has 1 aliphatic rings. The Kier molecular flexibility index (Phi) is 6.97. The topological polar surface area (TPSA) is 13.1 Å². The van der Waals surface area contributed by atoms with Gasteiger partial charge >= 0.3 is 87.8 Å². The van der Waals surface area contributed by atoms with Gasteiger partial charge in [-0.25, -0.2) is 0 Å². The van der Waals surface area contributed by atoms with E-state index in [0.29, 0.717) is 0 Å². The molecule has 1 fully saturated rings. The Hall–Kier alpha value is 0.538. The molecule has 6 heteroatoms. The van der Waals surface area contributed by atoms with Crippen LogP contribution in [0, 0.1) is 3.80 Å². The molecule has 3 nitrogen and oxygen atoms in total. The van der Waals surface area contributed by atoms with E-state index in [-0.39, 0.29) is 0 Å². The monoisotopic (exact) mass is 676 g/mol. The number of nitrogens with zero attached hydrogens (tertiary/aromatic N) is 3. The van der Waals surface area contributed by atoms with Crippen molar-refractivity contribution in [2.75, 3.05) is 0 Å². The standard InChI is InChI=1S/C10H10N2.C4H7I2N.Pt/c1-11-7-8-12(9-11)10-5-3-2-4-6-10;5-7(6)4-2-1-3-4;/h2-8H,1H3;4H,1-3H2;. The van der Waals surface area contributed by atoms with Gasteiger partial charge < -0.3 is 0 Å². The quantitative estimate of drug-likeness (QED) is 0.339. The van der Waals surface area contributed by atoms with Crippen molar-refractivity contribution in [1.29, 1.82) is 0 Å². The molecule has 0 spiro atoms. The van der Waals surface area contributed by atoms with Gasteiger partial charge in [0, 0.05) is 51.8 Å². The van der Waals surface area contributed by atoms with Crippen LogP contribution in [0.25, 0.3) is 5.69 Å². The molecule has 2 aromatic rings. The Labute approximate surface area is 158 Å². The van der Waals surface area contributed by atoms with Gasteiger partial charge in [-0.05, 0) is 12.8 Å². The van der Waals surface area contributed by atoms with Gasteiger partial charge in [-0.15, -0.1) is 0 Å². The van der Waals surface area contributed by atoms with E-state index < -0.39 is 0 Å². The Morgan fingerprint density at radius 2 is 1.80 bits per heavy atom. The average molecular weight is 676 g/mol. The Morgan fingerprint density at radius 3 is 2.15 bits per heavy atom. The van der Waals surface area contributed by atoms with Crippen LogP contribution >= 0.6 is 45.7 Å². The molecule has 3 rings (SSSR count). The Morgan fingerprint density at radius 1 is 1.15 bits per heavy atom. The van der Waals surface area contributed by atoms with Crippen molar-refractivity contribution in [2.45, 2.75) is 25.3 Å². The molecule has 1 heterocycles. The number of imidazole rings is 1. The number of benzene rings is 1. The van der Waals surface area contributed by atoms with Crippen LogP contribution < -0.4 is 0 Å². The van der Waals surface area contributed by atoms with Crippen molar-refractivity contribution < 1.29 is 19.4 Å². The van der Waals surface area contributed by atoms with E-state index in [1.165, 1.54) is 28.8 Å². The van der Waals surface area contributed by atoms with Crippen molar-refractivity contribution in [3.8, 4) is 5.69 Å². The van der Waals surface area contributed by atoms with E-state index in [0.717, 1.165) is 6.04 Å². The smallest absolute Gasteiger partial charge is 0.0311 e. The number of aromatic nitrogens is 2. The zero-order valence-electron chi connectivity index (χ0n) is 11.2. The fourth-order valence-electron chi connectivity index (χ4n) is 1.81. The number of hydrogen-bond acceptors (Lipinski definition) is 1. The van der Waals surface area contributed by atoms with E-state index >= 15 is 0 Å². The first-order valence-corrected chi connectivity index (χ1v) is 9.52. The van der Waals surface area contributed by atoms with Gasteiger partial charge in [0.05, 0.1) is 0 Å². The molecule has 112 valence electrons. The third-order valence-electron chi connectivity index (χ3n) is 3.28. The van der Waals surface area contributed by atoms with Crippen LogP contribution in [0.5, 0.6) is 0 Å². The summed E-state index contributed by atoms with van der Waals surface area (Å²) >= 11 is 6.99. The molecule has 0 amide bonds. The molecule has 0 atom stereocenters. The zero-order chi connectivity index (χ0) is 14.5. The number of aryl methyl sites for hydroxylation is 1. The van der Waals surface area contributed by atoms with Crippen LogP contribution in [0.4, 0.5) is 0 Å². The van der Waals surface area contributed by atoms with Gasteiger partial charge in [-0.1, -0.05) is 6.42 Å². The molecule has 0 radical (unpaired) electrons. The minimum absolute atomic E-state index is 0.890. The summed E-state index contributed by atoms with van der Waals surface area (Å²) < 4.78 is 7.70. The third kappa shape index (κ3) is 4.51. The second kappa shape index (κ2) is 8.24. The van der Waals surface area contributed by atoms with Crippen LogP contribution in [-0.4, -0.2) is 16.5 Å². The maximum atomic E-state index is 2.34. The molecule has 1 aliphatic carbocycles. The number of halogens is 2. The van der Waals surface area contributed by atoms with Crippen molar-refractivity contribution in [3.63, 3.8) is 0 Å². The molecule has 1 saturated carbocycles. The van der Waals surface area contributed by atoms with E-state index in [9.17, 15) is 0 Å². The minimum Gasteiger partial charge on any atom is -0.185 e. The summed E-state index contributed by atoms with van der Waals surface area (Å²) in [6, 6.07) is 11.2. The molecule has 0 saturated heterocycles. The molecule has 0 bridgehead atoms. The second-order valence-electron chi connectivity index (χ2n) is 4.70. The van der Waals surface area contributed by atoms with Crippen molar-refractivity contribution in [1.82, 2.24) is 10.5 Å². The van der Waals surface area contributed by atoms with Gasteiger partial charge in [0.15, 0.2) is 0 Å². The molecule has 0 N–H and O–H groups in total. The predicted octanol–water partition coefficient (Wildman–Crippen LogP) is 4.44. The predicted molar refractivity (Wildman–Crippen MR) is 95.5 cm³/mol. The van der Waals surface area contributed by atoms with Crippen LogP contribution in [-0.2, 0) is 26.4 Å². The SMILES string of the molecule is Cn1ccn(-c2ccccc2)[c]1=[Pt].IN(I)C1CCC1. The molecule has 0 unspecified atom stereocenters. The minimum atomic E-state index is 0.890. The average Bonchev–Trinajstić information content (AvgIpc) is 2.69. The normalized spacial score (nSPS) is 14.7. The summed E-state index contributed by atoms with van der Waals surface area (Å²) in [4.78, 5) is 0. The van der Waals surface area contributed by atoms with Crippen LogP contribution in [0.15, 0.2) is 42.7 Å². The molecule has 20 heavy (non-hydrogen) atoms. The van der Waals surface area contributed by atoms with Gasteiger partial charge in [-0.2, -0.15) is 1.33 Å². The molecule has 0 aliphatic heterocycles. The van der Waals surface area contributed by atoms with Gasteiger partial charge in [-0.3, -0.25) is 0 Å². The summed E-state index contributed by atoms with van der Waals surface area (Å²) in [7, 11) is 2.04. The fourth-order valence-corrected chi connectivity index (χ4v) is 3.55. The first kappa shape index (κ1) is 16.9. The van der Waals surface area contributed by atoms with Crippen molar-refractivity contribution >= 4 is 45.7 Å². The molecule has 1 aromatic carbocycles. The van der Waals surface area contributed by atoms with E-state index in [1.807, 2.05) is 25.2 Å². The van der Waals surface area contributed by atoms with Crippen molar-refractivity contribution in [3.05, 3.63) is 46.5 Å². The zero-order valence-corrected chi connectivity index (χ0v) is 17.7. The third-order valence-corrected chi connectivity index (χ3v) is 6.20. The maximum absolute atomic E-state index is 2.34. The Balaban J connectivity index is 0.000000178. The van der Waals surface area contributed by atoms with Gasteiger partial charge in [0.25, 0.3) is 0 Å². The Bertz CT molecular complexity index is 588.